The van der Waals surface area contributed by atoms with E-state index in [1.807, 2.05) is 6.07 Å². The number of nitrogens with two attached hydrogens (primary N) is 2. The fourth-order valence-electron chi connectivity index (χ4n) is 3.22. The first kappa shape index (κ1) is 23.4. The van der Waals surface area contributed by atoms with Gasteiger partial charge in [-0.05, 0) is 6.07 Å². The van der Waals surface area contributed by atoms with Crippen molar-refractivity contribution in [1.29, 1.82) is 10.5 Å². The zero-order valence-electron chi connectivity index (χ0n) is 17.8. The van der Waals surface area contributed by atoms with Gasteiger partial charge in [0.25, 0.3) is 5.69 Å². The monoisotopic (exact) mass is 467 g/mol. The number of nitro groups is 1. The minimum Gasteiger partial charge on any atom is -0.493 e. The van der Waals surface area contributed by atoms with Crippen LogP contribution in [0.15, 0.2) is 17.1 Å². The van der Waals surface area contributed by atoms with Crippen LogP contribution < -0.4 is 31.6 Å². The second kappa shape index (κ2) is 9.45. The fourth-order valence-corrected chi connectivity index (χ4v) is 3.22. The summed E-state index contributed by atoms with van der Waals surface area (Å²) in [6.45, 7) is -0.518. The predicted molar refractivity (Wildman–Crippen MR) is 117 cm³/mol. The first-order valence-electron chi connectivity index (χ1n) is 9.30. The molecule has 1 aromatic heterocycles. The van der Waals surface area contributed by atoms with Gasteiger partial charge in [0, 0.05) is 5.56 Å². The first-order valence-corrected chi connectivity index (χ1v) is 9.30. The second-order valence-electron chi connectivity index (χ2n) is 6.59. The molecule has 1 unspecified atom stereocenters. The fraction of sp³-hybridized carbons (Fsp3) is 0.211. The molecule has 1 aliphatic heterocycles. The number of hydrogen-bond donors (Lipinski definition) is 4. The summed E-state index contributed by atoms with van der Waals surface area (Å²) < 4.78 is 15.1. The number of nitriles is 2. The maximum Gasteiger partial charge on any atom is 0.343 e. The molecule has 0 spiro atoms. The number of pyridine rings is 1. The van der Waals surface area contributed by atoms with E-state index in [9.17, 15) is 20.2 Å². The normalized spacial score (nSPS) is 13.8. The zero-order chi connectivity index (χ0) is 25.0. The summed E-state index contributed by atoms with van der Waals surface area (Å²) in [6.07, 6.45) is 1.69. The average Bonchev–Trinajstić information content (AvgIpc) is 2.81. The summed E-state index contributed by atoms with van der Waals surface area (Å²) in [5, 5.41) is 35.4. The van der Waals surface area contributed by atoms with Gasteiger partial charge in [-0.3, -0.25) is 15.4 Å². The largest absolute Gasteiger partial charge is 0.493 e. The van der Waals surface area contributed by atoms with Crippen molar-refractivity contribution >= 4 is 34.9 Å². The topological polar surface area (TPSA) is 237 Å². The smallest absolute Gasteiger partial charge is 0.343 e. The minimum atomic E-state index is -1.20. The number of esters is 1. The molecule has 15 heteroatoms. The Balaban J connectivity index is 2.27. The number of nitro benzene ring substituents is 1. The number of nitrogens with one attached hydrogen (secondary N) is 2. The van der Waals surface area contributed by atoms with Crippen molar-refractivity contribution in [2.45, 2.75) is 6.04 Å². The molecule has 174 valence electrons. The van der Waals surface area contributed by atoms with Gasteiger partial charge in [-0.1, -0.05) is 0 Å². The maximum absolute atomic E-state index is 12.0. The number of aromatic nitrogens is 1. The Morgan fingerprint density at radius 3 is 2.65 bits per heavy atom. The van der Waals surface area contributed by atoms with Gasteiger partial charge in [0.15, 0.2) is 24.3 Å². The molecular formula is C19H17N9O6. The van der Waals surface area contributed by atoms with Crippen LogP contribution in [-0.2, 0) is 9.53 Å². The molecule has 1 aliphatic rings. The third kappa shape index (κ3) is 4.21. The van der Waals surface area contributed by atoms with Crippen LogP contribution in [0, 0.1) is 32.9 Å². The molecule has 34 heavy (non-hydrogen) atoms. The first-order chi connectivity index (χ1) is 16.2. The summed E-state index contributed by atoms with van der Waals surface area (Å²) in [4.78, 5) is 31.1. The molecule has 0 aliphatic carbocycles. The molecule has 2 heterocycles. The number of rotatable bonds is 6. The van der Waals surface area contributed by atoms with Crippen LogP contribution in [0.1, 0.15) is 22.7 Å². The van der Waals surface area contributed by atoms with Crippen molar-refractivity contribution in [3.05, 3.63) is 38.9 Å². The van der Waals surface area contributed by atoms with Crippen molar-refractivity contribution < 1.29 is 23.9 Å². The minimum absolute atomic E-state index is 0.0191. The van der Waals surface area contributed by atoms with Crippen molar-refractivity contribution in [3.63, 3.8) is 0 Å². The molecule has 0 bridgehead atoms. The number of hydrogen-bond acceptors (Lipinski definition) is 14. The van der Waals surface area contributed by atoms with E-state index < -0.39 is 29.2 Å². The van der Waals surface area contributed by atoms with E-state index in [2.05, 4.69) is 25.3 Å². The van der Waals surface area contributed by atoms with E-state index in [-0.39, 0.29) is 51.5 Å². The Bertz CT molecular complexity index is 1290. The number of carbonyl (C=O) groups excluding carboxylic acids is 1. The Morgan fingerprint density at radius 1 is 1.32 bits per heavy atom. The molecule has 0 saturated heterocycles. The standard InChI is InChI=1S/C19H17N9O6/c1-32-11-3-8(10(28(30)31)4-12(11)34-6-13(29)33-2)16-14-15(22)9(5-20)17(23)26-18(14)27-19(25-16)24-7-21/h3-4,16H,6H2,1-2H3,(H6,22,23,24,25,26,27). The van der Waals surface area contributed by atoms with Crippen LogP contribution in [0.2, 0.25) is 0 Å². The lowest BCUT2D eigenvalue weighted by atomic mass is 9.93. The molecular weight excluding hydrogens is 450 g/mol. The number of nitrogens with zero attached hydrogens (tertiary/aromatic N) is 5. The molecule has 1 atom stereocenters. The Kier molecular flexibility index (Phi) is 6.49. The predicted octanol–water partition coefficient (Wildman–Crippen LogP) is 0.528. The van der Waals surface area contributed by atoms with E-state index in [1.54, 1.807) is 6.19 Å². The highest BCUT2D eigenvalue weighted by atomic mass is 16.6. The van der Waals surface area contributed by atoms with Crippen LogP contribution in [0.4, 0.5) is 23.0 Å². The number of ether oxygens (including phenoxy) is 3. The van der Waals surface area contributed by atoms with Gasteiger partial charge in [0.05, 0.1) is 36.5 Å². The molecule has 15 nitrogen and oxygen atoms in total. The van der Waals surface area contributed by atoms with Crippen molar-refractivity contribution in [3.8, 4) is 23.8 Å². The number of carbonyl (C=O) groups is 1. The van der Waals surface area contributed by atoms with Crippen LogP contribution in [0.25, 0.3) is 0 Å². The number of aliphatic imine (C=N–C) groups is 1. The molecule has 3 rings (SSSR count). The van der Waals surface area contributed by atoms with Crippen LogP contribution in [0.3, 0.4) is 0 Å². The number of nitrogen functional groups attached to an aromatic ring is 2. The van der Waals surface area contributed by atoms with Crippen molar-refractivity contribution in [2.75, 3.05) is 37.6 Å². The van der Waals surface area contributed by atoms with Gasteiger partial charge in [-0.2, -0.15) is 10.5 Å². The summed E-state index contributed by atoms with van der Waals surface area (Å²) in [5.74, 6) is -0.989. The lowest BCUT2D eigenvalue weighted by Crippen LogP contribution is -2.33. The second-order valence-corrected chi connectivity index (χ2v) is 6.59. The molecule has 1 aromatic carbocycles. The third-order valence-electron chi connectivity index (χ3n) is 4.73. The van der Waals surface area contributed by atoms with Crippen molar-refractivity contribution in [1.82, 2.24) is 10.3 Å². The zero-order valence-corrected chi connectivity index (χ0v) is 17.8. The highest BCUT2D eigenvalue weighted by molar-refractivity contribution is 5.98. The van der Waals surface area contributed by atoms with E-state index in [4.69, 9.17) is 26.2 Å². The van der Waals surface area contributed by atoms with Crippen LogP contribution in [-0.4, -0.2) is 42.7 Å². The van der Waals surface area contributed by atoms with Gasteiger partial charge in [0.2, 0.25) is 5.96 Å². The number of fused-ring (bicyclic) bond motifs is 1. The van der Waals surface area contributed by atoms with Gasteiger partial charge < -0.3 is 31.0 Å². The molecule has 0 saturated carbocycles. The number of guanidine groups is 1. The quantitative estimate of drug-likeness (QED) is 0.149. The summed E-state index contributed by atoms with van der Waals surface area (Å²) in [6, 6.07) is 2.98. The highest BCUT2D eigenvalue weighted by Crippen LogP contribution is 2.46. The average molecular weight is 467 g/mol. The Labute approximate surface area is 191 Å². The number of anilines is 3. The van der Waals surface area contributed by atoms with E-state index in [0.717, 1.165) is 13.2 Å². The Morgan fingerprint density at radius 2 is 2.06 bits per heavy atom. The number of benzene rings is 1. The molecule has 0 radical (unpaired) electrons. The third-order valence-corrected chi connectivity index (χ3v) is 4.73. The lowest BCUT2D eigenvalue weighted by molar-refractivity contribution is -0.385. The van der Waals surface area contributed by atoms with Crippen molar-refractivity contribution in [2.24, 2.45) is 4.99 Å². The SMILES string of the molecule is COC(=O)COc1cc([N+](=O)[O-])c(C2N=C(NC#N)Nc3nc(N)c(C#N)c(N)c32)cc1OC. The highest BCUT2D eigenvalue weighted by Gasteiger charge is 2.35. The molecule has 0 amide bonds. The van der Waals surface area contributed by atoms with Crippen LogP contribution in [0.5, 0.6) is 11.5 Å². The molecule has 0 fully saturated rings. The van der Waals surface area contributed by atoms with E-state index in [1.165, 1.54) is 13.2 Å². The van der Waals surface area contributed by atoms with Gasteiger partial charge in [-0.15, -0.1) is 0 Å². The van der Waals surface area contributed by atoms with Crippen LogP contribution >= 0.6 is 0 Å². The molecule has 6 N–H and O–H groups in total. The summed E-state index contributed by atoms with van der Waals surface area (Å²) in [7, 11) is 2.46. The van der Waals surface area contributed by atoms with Gasteiger partial charge in [-0.25, -0.2) is 14.8 Å². The lowest BCUT2D eigenvalue weighted by Gasteiger charge is -2.26. The van der Waals surface area contributed by atoms with Gasteiger partial charge >= 0.3 is 5.97 Å². The van der Waals surface area contributed by atoms with E-state index in [0.29, 0.717) is 0 Å². The summed E-state index contributed by atoms with van der Waals surface area (Å²) >= 11 is 0. The van der Waals surface area contributed by atoms with Gasteiger partial charge in [0.1, 0.15) is 29.3 Å². The maximum atomic E-state index is 12.0. The Hall–Kier alpha value is -5.31. The number of methoxy groups -OCH3 is 2. The molecule has 2 aromatic rings. The van der Waals surface area contributed by atoms with E-state index >= 15 is 0 Å². The summed E-state index contributed by atoms with van der Waals surface area (Å²) in [5.41, 5.74) is 11.4.